The van der Waals surface area contributed by atoms with Crippen LogP contribution in [0.2, 0.25) is 0 Å². The Morgan fingerprint density at radius 1 is 1.19 bits per heavy atom. The summed E-state index contributed by atoms with van der Waals surface area (Å²) < 4.78 is 2.10. The lowest BCUT2D eigenvalue weighted by Crippen LogP contribution is -2.22. The van der Waals surface area contributed by atoms with E-state index in [2.05, 4.69) is 27.2 Å². The van der Waals surface area contributed by atoms with Gasteiger partial charge in [0.05, 0.1) is 12.0 Å². The molecule has 1 aliphatic carbocycles. The molecule has 0 radical (unpaired) electrons. The zero-order chi connectivity index (χ0) is 22.4. The fourth-order valence-corrected chi connectivity index (χ4v) is 3.72. The molecule has 8 heteroatoms. The van der Waals surface area contributed by atoms with Crippen LogP contribution in [0.1, 0.15) is 28.2 Å². The Morgan fingerprint density at radius 2 is 1.90 bits per heavy atom. The van der Waals surface area contributed by atoms with Crippen molar-refractivity contribution in [1.82, 2.24) is 14.5 Å². The molecule has 160 valence electrons. The van der Waals surface area contributed by atoms with E-state index in [0.717, 1.165) is 41.4 Å². The number of carboxylic acids is 2. The number of hydrogen-bond donors (Lipinski definition) is 3. The molecule has 1 aliphatic rings. The zero-order valence-electron chi connectivity index (χ0n) is 16.8. The van der Waals surface area contributed by atoms with Gasteiger partial charge in [0, 0.05) is 59.4 Å². The highest BCUT2D eigenvalue weighted by Gasteiger charge is 2.28. The van der Waals surface area contributed by atoms with E-state index >= 15 is 0 Å². The number of carboxylic acid groups (broad SMARTS) is 2. The van der Waals surface area contributed by atoms with Gasteiger partial charge in [0.15, 0.2) is 5.78 Å². The summed E-state index contributed by atoms with van der Waals surface area (Å²) in [4.78, 5) is 39.7. The highest BCUT2D eigenvalue weighted by molar-refractivity contribution is 6.09. The molecule has 0 bridgehead atoms. The van der Waals surface area contributed by atoms with Gasteiger partial charge in [-0.15, -0.1) is 6.58 Å². The van der Waals surface area contributed by atoms with Crippen LogP contribution in [0.15, 0.2) is 61.6 Å². The van der Waals surface area contributed by atoms with Crippen molar-refractivity contribution in [2.75, 3.05) is 0 Å². The van der Waals surface area contributed by atoms with E-state index in [0.29, 0.717) is 18.7 Å². The summed E-state index contributed by atoms with van der Waals surface area (Å²) in [5.41, 5.74) is 4.14. The van der Waals surface area contributed by atoms with Crippen molar-refractivity contribution in [3.63, 3.8) is 0 Å². The number of benzene rings is 1. The van der Waals surface area contributed by atoms with Gasteiger partial charge in [0.1, 0.15) is 0 Å². The SMILES string of the molecule is C=CCn1cc(C(=O)C2CCc3[nH]cnc3C2)c2ccccc21.O=C(O)/C=C/C(=O)O. The lowest BCUT2D eigenvalue weighted by Gasteiger charge is -2.19. The van der Waals surface area contributed by atoms with Crippen LogP contribution in [0.3, 0.4) is 0 Å². The van der Waals surface area contributed by atoms with E-state index in [1.165, 1.54) is 5.69 Å². The van der Waals surface area contributed by atoms with Crippen LogP contribution in [0.25, 0.3) is 10.9 Å². The largest absolute Gasteiger partial charge is 0.478 e. The molecule has 1 atom stereocenters. The normalized spacial score (nSPS) is 15.2. The molecule has 2 aromatic heterocycles. The number of hydrogen-bond acceptors (Lipinski definition) is 4. The van der Waals surface area contributed by atoms with Crippen LogP contribution < -0.4 is 0 Å². The molecule has 2 heterocycles. The number of Topliss-reactive ketones (excluding diaryl/α,β-unsaturated/α-hetero) is 1. The maximum Gasteiger partial charge on any atom is 0.328 e. The number of carbonyl (C=O) groups is 3. The fraction of sp³-hybridized carbons (Fsp3) is 0.217. The number of ketones is 1. The number of aliphatic carboxylic acids is 2. The summed E-state index contributed by atoms with van der Waals surface area (Å²) in [5, 5.41) is 16.7. The average Bonchev–Trinajstić information content (AvgIpc) is 3.37. The van der Waals surface area contributed by atoms with Crippen LogP contribution in [-0.4, -0.2) is 42.5 Å². The highest BCUT2D eigenvalue weighted by atomic mass is 16.4. The minimum atomic E-state index is -1.26. The monoisotopic (exact) mass is 421 g/mol. The lowest BCUT2D eigenvalue weighted by molar-refractivity contribution is -0.134. The number of nitrogens with zero attached hydrogens (tertiary/aromatic N) is 2. The molecule has 0 aliphatic heterocycles. The molecule has 3 aromatic rings. The summed E-state index contributed by atoms with van der Waals surface area (Å²) >= 11 is 0. The zero-order valence-corrected chi connectivity index (χ0v) is 16.8. The Morgan fingerprint density at radius 3 is 2.58 bits per heavy atom. The number of allylic oxidation sites excluding steroid dienone is 1. The molecule has 0 fully saturated rings. The number of carbonyl (C=O) groups excluding carboxylic acids is 1. The minimum absolute atomic E-state index is 0.0220. The third kappa shape index (κ3) is 5.16. The molecule has 1 aromatic carbocycles. The smallest absolute Gasteiger partial charge is 0.328 e. The van der Waals surface area contributed by atoms with E-state index in [9.17, 15) is 14.4 Å². The Hall–Kier alpha value is -3.94. The van der Waals surface area contributed by atoms with E-state index in [4.69, 9.17) is 10.2 Å². The second-order valence-corrected chi connectivity index (χ2v) is 7.14. The first-order valence-corrected chi connectivity index (χ1v) is 9.78. The predicted molar refractivity (Wildman–Crippen MR) is 115 cm³/mol. The van der Waals surface area contributed by atoms with Crippen molar-refractivity contribution in [1.29, 1.82) is 0 Å². The van der Waals surface area contributed by atoms with Gasteiger partial charge in [-0.05, 0) is 18.9 Å². The fourth-order valence-electron chi connectivity index (χ4n) is 3.72. The van der Waals surface area contributed by atoms with Gasteiger partial charge in [-0.25, -0.2) is 14.6 Å². The quantitative estimate of drug-likeness (QED) is 0.319. The number of H-pyrrole nitrogens is 1. The number of fused-ring (bicyclic) bond motifs is 2. The van der Waals surface area contributed by atoms with E-state index in [-0.39, 0.29) is 11.7 Å². The molecule has 0 spiro atoms. The molecular formula is C23H23N3O5. The standard InChI is InChI=1S/C19H19N3O.C4H4O4/c1-2-9-22-11-15(14-5-3-4-6-18(14)22)19(23)13-7-8-16-17(10-13)21-12-20-16;5-3(6)1-2-4(7)8/h2-6,11-13H,1,7-10H2,(H,20,21);1-2H,(H,5,6)(H,7,8)/b;2-1+. The van der Waals surface area contributed by atoms with Crippen LogP contribution in [-0.2, 0) is 29.0 Å². The van der Waals surface area contributed by atoms with Gasteiger partial charge in [-0.1, -0.05) is 24.3 Å². The third-order valence-electron chi connectivity index (χ3n) is 5.11. The highest BCUT2D eigenvalue weighted by Crippen LogP contribution is 2.29. The Labute approximate surface area is 178 Å². The molecule has 0 saturated carbocycles. The number of imidazole rings is 1. The maximum atomic E-state index is 13.1. The second-order valence-electron chi connectivity index (χ2n) is 7.14. The van der Waals surface area contributed by atoms with Crippen molar-refractivity contribution >= 4 is 28.6 Å². The van der Waals surface area contributed by atoms with Crippen LogP contribution in [0, 0.1) is 5.92 Å². The molecule has 31 heavy (non-hydrogen) atoms. The molecule has 1 unspecified atom stereocenters. The third-order valence-corrected chi connectivity index (χ3v) is 5.11. The summed E-state index contributed by atoms with van der Waals surface area (Å²) in [6, 6.07) is 8.09. The average molecular weight is 421 g/mol. The molecule has 3 N–H and O–H groups in total. The van der Waals surface area contributed by atoms with Crippen molar-refractivity contribution in [2.24, 2.45) is 5.92 Å². The lowest BCUT2D eigenvalue weighted by atomic mass is 9.84. The maximum absolute atomic E-state index is 13.1. The second kappa shape index (κ2) is 9.71. The first kappa shape index (κ1) is 21.8. The van der Waals surface area contributed by atoms with E-state index < -0.39 is 11.9 Å². The van der Waals surface area contributed by atoms with Crippen LogP contribution in [0.5, 0.6) is 0 Å². The Bertz CT molecular complexity index is 1140. The van der Waals surface area contributed by atoms with E-state index in [1.54, 1.807) is 6.33 Å². The van der Waals surface area contributed by atoms with Crippen LogP contribution >= 0.6 is 0 Å². The van der Waals surface area contributed by atoms with Crippen molar-refractivity contribution < 1.29 is 24.6 Å². The molecule has 8 nitrogen and oxygen atoms in total. The number of aromatic nitrogens is 3. The van der Waals surface area contributed by atoms with Gasteiger partial charge in [-0.3, -0.25) is 4.79 Å². The number of aryl methyl sites for hydroxylation is 1. The van der Waals surface area contributed by atoms with Gasteiger partial charge in [0.2, 0.25) is 0 Å². The first-order valence-electron chi connectivity index (χ1n) is 9.78. The minimum Gasteiger partial charge on any atom is -0.478 e. The Kier molecular flexibility index (Phi) is 6.81. The first-order chi connectivity index (χ1) is 14.9. The number of nitrogens with one attached hydrogen (secondary N) is 1. The van der Waals surface area contributed by atoms with Crippen molar-refractivity contribution in [3.05, 3.63) is 78.5 Å². The number of aromatic amines is 1. The van der Waals surface area contributed by atoms with Crippen LogP contribution in [0.4, 0.5) is 0 Å². The molecule has 4 rings (SSSR count). The number of para-hydroxylation sites is 1. The van der Waals surface area contributed by atoms with Gasteiger partial charge >= 0.3 is 11.9 Å². The van der Waals surface area contributed by atoms with E-state index in [1.807, 2.05) is 30.5 Å². The Balaban J connectivity index is 0.000000293. The van der Waals surface area contributed by atoms with Gasteiger partial charge in [0.25, 0.3) is 0 Å². The van der Waals surface area contributed by atoms with Crippen molar-refractivity contribution in [2.45, 2.75) is 25.8 Å². The summed E-state index contributed by atoms with van der Waals surface area (Å²) in [6.07, 6.45) is 9.20. The summed E-state index contributed by atoms with van der Waals surface area (Å²) in [6.45, 7) is 4.52. The molecular weight excluding hydrogens is 398 g/mol. The van der Waals surface area contributed by atoms with Crippen molar-refractivity contribution in [3.8, 4) is 0 Å². The topological polar surface area (TPSA) is 125 Å². The summed E-state index contributed by atoms with van der Waals surface area (Å²) in [7, 11) is 0. The number of rotatable bonds is 6. The van der Waals surface area contributed by atoms with Gasteiger partial charge < -0.3 is 19.8 Å². The van der Waals surface area contributed by atoms with Gasteiger partial charge in [-0.2, -0.15) is 0 Å². The molecule has 0 saturated heterocycles. The predicted octanol–water partition coefficient (Wildman–Crippen LogP) is 3.25. The summed E-state index contributed by atoms with van der Waals surface area (Å²) in [5.74, 6) is -2.26. The molecule has 0 amide bonds.